The summed E-state index contributed by atoms with van der Waals surface area (Å²) in [6, 6.07) is 0. The van der Waals surface area contributed by atoms with Crippen molar-refractivity contribution in [3.05, 3.63) is 12.2 Å². The van der Waals surface area contributed by atoms with Crippen molar-refractivity contribution in [2.75, 3.05) is 0 Å². The molecule has 1 nitrogen and oxygen atoms in total. The van der Waals surface area contributed by atoms with Gasteiger partial charge in [0.05, 0.1) is 0 Å². The van der Waals surface area contributed by atoms with Gasteiger partial charge in [0, 0.05) is 11.8 Å². The van der Waals surface area contributed by atoms with Crippen LogP contribution < -0.4 is 0 Å². The second-order valence-corrected chi connectivity index (χ2v) is 4.48. The van der Waals surface area contributed by atoms with Crippen molar-refractivity contribution in [1.82, 2.24) is 0 Å². The van der Waals surface area contributed by atoms with Gasteiger partial charge in [-0.3, -0.25) is 4.79 Å². The Hall–Kier alpha value is -0.590. The maximum atomic E-state index is 12.0. The van der Waals surface area contributed by atoms with E-state index in [1.807, 2.05) is 0 Å². The van der Waals surface area contributed by atoms with Crippen LogP contribution in [0.25, 0.3) is 0 Å². The third kappa shape index (κ3) is 1.70. The Morgan fingerprint density at radius 1 is 1.08 bits per heavy atom. The summed E-state index contributed by atoms with van der Waals surface area (Å²) >= 11 is 0. The summed E-state index contributed by atoms with van der Waals surface area (Å²) in [6.07, 6.45) is 13.3. The van der Waals surface area contributed by atoms with E-state index in [1.54, 1.807) is 0 Å². The van der Waals surface area contributed by atoms with Gasteiger partial charge in [-0.05, 0) is 32.1 Å². The van der Waals surface area contributed by atoms with Crippen LogP contribution in [0, 0.1) is 5.41 Å². The molecule has 1 spiro atoms. The number of ketones is 1. The highest BCUT2D eigenvalue weighted by Crippen LogP contribution is 2.41. The van der Waals surface area contributed by atoms with E-state index in [2.05, 4.69) is 12.2 Å². The maximum absolute atomic E-state index is 12.0. The van der Waals surface area contributed by atoms with Gasteiger partial charge in [-0.25, -0.2) is 0 Å². The molecule has 2 aliphatic carbocycles. The smallest absolute Gasteiger partial charge is 0.139 e. The minimum Gasteiger partial charge on any atom is -0.299 e. The molecule has 13 heavy (non-hydrogen) atoms. The minimum atomic E-state index is 0.0747. The largest absolute Gasteiger partial charge is 0.299 e. The molecule has 1 unspecified atom stereocenters. The molecular formula is C12H18O. The molecule has 2 rings (SSSR count). The lowest BCUT2D eigenvalue weighted by molar-refractivity contribution is -0.129. The van der Waals surface area contributed by atoms with Crippen LogP contribution in [0.5, 0.6) is 0 Å². The lowest BCUT2D eigenvalue weighted by Gasteiger charge is -2.32. The zero-order valence-electron chi connectivity index (χ0n) is 8.22. The van der Waals surface area contributed by atoms with Crippen LogP contribution in [0.15, 0.2) is 12.2 Å². The van der Waals surface area contributed by atoms with Gasteiger partial charge in [0.25, 0.3) is 0 Å². The normalized spacial score (nSPS) is 34.9. The lowest BCUT2D eigenvalue weighted by Crippen LogP contribution is -2.30. The van der Waals surface area contributed by atoms with Gasteiger partial charge < -0.3 is 0 Å². The molecule has 1 saturated carbocycles. The number of hydrogen-bond acceptors (Lipinski definition) is 1. The molecule has 0 aromatic carbocycles. The van der Waals surface area contributed by atoms with Crippen LogP contribution in [0.1, 0.15) is 51.4 Å². The van der Waals surface area contributed by atoms with E-state index in [0.717, 1.165) is 38.5 Å². The Morgan fingerprint density at radius 3 is 2.77 bits per heavy atom. The summed E-state index contributed by atoms with van der Waals surface area (Å²) in [4.78, 5) is 12.0. The molecule has 0 amide bonds. The van der Waals surface area contributed by atoms with Gasteiger partial charge in [-0.1, -0.05) is 25.0 Å². The van der Waals surface area contributed by atoms with Crippen LogP contribution >= 0.6 is 0 Å². The molecule has 0 radical (unpaired) electrons. The Kier molecular flexibility index (Phi) is 2.52. The predicted octanol–water partition coefficient (Wildman–Crippen LogP) is 3.25. The zero-order chi connectivity index (χ0) is 9.15. The number of hydrogen-bond donors (Lipinski definition) is 0. The Balaban J connectivity index is 2.16. The van der Waals surface area contributed by atoms with Crippen molar-refractivity contribution in [3.63, 3.8) is 0 Å². The van der Waals surface area contributed by atoms with Crippen LogP contribution in [-0.4, -0.2) is 5.78 Å². The second-order valence-electron chi connectivity index (χ2n) is 4.48. The highest BCUT2D eigenvalue weighted by molar-refractivity contribution is 5.85. The Labute approximate surface area is 80.2 Å². The molecule has 0 aromatic heterocycles. The van der Waals surface area contributed by atoms with E-state index in [4.69, 9.17) is 0 Å². The molecule has 1 fully saturated rings. The van der Waals surface area contributed by atoms with E-state index >= 15 is 0 Å². The molecule has 2 aliphatic rings. The fourth-order valence-corrected chi connectivity index (χ4v) is 2.70. The minimum absolute atomic E-state index is 0.0747. The van der Waals surface area contributed by atoms with E-state index in [1.165, 1.54) is 12.8 Å². The summed E-state index contributed by atoms with van der Waals surface area (Å²) in [5.41, 5.74) is 0.0747. The number of rotatable bonds is 0. The van der Waals surface area contributed by atoms with E-state index in [0.29, 0.717) is 5.78 Å². The summed E-state index contributed by atoms with van der Waals surface area (Å²) < 4.78 is 0. The summed E-state index contributed by atoms with van der Waals surface area (Å²) in [7, 11) is 0. The standard InChI is InChI=1S/C12H18O/c13-11-7-3-1-4-8-12(11)9-5-2-6-10-12/h2,5H,1,3-4,6-10H2. The van der Waals surface area contributed by atoms with Gasteiger partial charge in [0.1, 0.15) is 5.78 Å². The van der Waals surface area contributed by atoms with Crippen LogP contribution in [-0.2, 0) is 4.79 Å². The lowest BCUT2D eigenvalue weighted by atomic mass is 9.71. The predicted molar refractivity (Wildman–Crippen MR) is 53.5 cm³/mol. The van der Waals surface area contributed by atoms with Crippen molar-refractivity contribution in [1.29, 1.82) is 0 Å². The van der Waals surface area contributed by atoms with E-state index < -0.39 is 0 Å². The van der Waals surface area contributed by atoms with Gasteiger partial charge in [-0.15, -0.1) is 0 Å². The number of Topliss-reactive ketones (excluding diaryl/α,β-unsaturated/α-hetero) is 1. The average Bonchev–Trinajstić information content (AvgIpc) is 2.33. The molecule has 1 atom stereocenters. The van der Waals surface area contributed by atoms with E-state index in [9.17, 15) is 4.79 Å². The first-order valence-electron chi connectivity index (χ1n) is 5.52. The Bertz CT molecular complexity index is 229. The highest BCUT2D eigenvalue weighted by atomic mass is 16.1. The number of carbonyl (C=O) groups is 1. The van der Waals surface area contributed by atoms with Crippen molar-refractivity contribution >= 4 is 5.78 Å². The fraction of sp³-hybridized carbons (Fsp3) is 0.750. The molecule has 0 N–H and O–H groups in total. The molecular weight excluding hydrogens is 160 g/mol. The topological polar surface area (TPSA) is 17.1 Å². The summed E-state index contributed by atoms with van der Waals surface area (Å²) in [6.45, 7) is 0. The third-order valence-electron chi connectivity index (χ3n) is 3.62. The average molecular weight is 178 g/mol. The SMILES string of the molecule is O=C1CCCCCC12CC=CCC2. The second kappa shape index (κ2) is 3.65. The molecule has 72 valence electrons. The van der Waals surface area contributed by atoms with Gasteiger partial charge in [0.15, 0.2) is 0 Å². The number of allylic oxidation sites excluding steroid dienone is 2. The fourth-order valence-electron chi connectivity index (χ4n) is 2.70. The molecule has 0 saturated heterocycles. The van der Waals surface area contributed by atoms with Crippen molar-refractivity contribution in [2.45, 2.75) is 51.4 Å². The first-order valence-corrected chi connectivity index (χ1v) is 5.52. The monoisotopic (exact) mass is 178 g/mol. The summed E-state index contributed by atoms with van der Waals surface area (Å²) in [5, 5.41) is 0. The van der Waals surface area contributed by atoms with Crippen LogP contribution in [0.3, 0.4) is 0 Å². The zero-order valence-corrected chi connectivity index (χ0v) is 8.22. The molecule has 1 heteroatoms. The van der Waals surface area contributed by atoms with E-state index in [-0.39, 0.29) is 5.41 Å². The van der Waals surface area contributed by atoms with Crippen molar-refractivity contribution < 1.29 is 4.79 Å². The third-order valence-corrected chi connectivity index (χ3v) is 3.62. The molecule has 0 aliphatic heterocycles. The first-order chi connectivity index (χ1) is 6.33. The quantitative estimate of drug-likeness (QED) is 0.520. The summed E-state index contributed by atoms with van der Waals surface area (Å²) in [5.74, 6) is 0.550. The maximum Gasteiger partial charge on any atom is 0.139 e. The van der Waals surface area contributed by atoms with Gasteiger partial charge in [0.2, 0.25) is 0 Å². The molecule has 0 heterocycles. The first kappa shape index (κ1) is 8.98. The van der Waals surface area contributed by atoms with Crippen molar-refractivity contribution in [2.24, 2.45) is 5.41 Å². The van der Waals surface area contributed by atoms with Gasteiger partial charge >= 0.3 is 0 Å². The number of carbonyl (C=O) groups excluding carboxylic acids is 1. The Morgan fingerprint density at radius 2 is 2.00 bits per heavy atom. The highest BCUT2D eigenvalue weighted by Gasteiger charge is 2.37. The van der Waals surface area contributed by atoms with Crippen LogP contribution in [0.2, 0.25) is 0 Å². The van der Waals surface area contributed by atoms with Crippen molar-refractivity contribution in [3.8, 4) is 0 Å². The van der Waals surface area contributed by atoms with Crippen LogP contribution in [0.4, 0.5) is 0 Å². The molecule has 0 bridgehead atoms. The van der Waals surface area contributed by atoms with Gasteiger partial charge in [-0.2, -0.15) is 0 Å². The molecule has 0 aromatic rings.